The summed E-state index contributed by atoms with van der Waals surface area (Å²) in [5.74, 6) is 0.819. The van der Waals surface area contributed by atoms with Gasteiger partial charge in [0.25, 0.3) is 0 Å². The van der Waals surface area contributed by atoms with E-state index < -0.39 is 0 Å². The summed E-state index contributed by atoms with van der Waals surface area (Å²) in [5, 5.41) is 0. The average molecular weight is 217 g/mol. The van der Waals surface area contributed by atoms with Gasteiger partial charge in [-0.3, -0.25) is 0 Å². The van der Waals surface area contributed by atoms with E-state index in [0.29, 0.717) is 6.61 Å². The molecule has 1 heterocycles. The molecule has 1 aromatic carbocycles. The predicted molar refractivity (Wildman–Crippen MR) is 67.1 cm³/mol. The average Bonchev–Trinajstić information content (AvgIpc) is 2.58. The second-order valence-electron chi connectivity index (χ2n) is 4.98. The molecule has 0 bridgehead atoms. The predicted octanol–water partition coefficient (Wildman–Crippen LogP) is 3.11. The summed E-state index contributed by atoms with van der Waals surface area (Å²) in [5.41, 5.74) is 3.67. The van der Waals surface area contributed by atoms with E-state index in [1.54, 1.807) is 0 Å². The molecule has 1 aromatic rings. The summed E-state index contributed by atoms with van der Waals surface area (Å²) < 4.78 is 5.73. The molecule has 1 aliphatic rings. The Bertz CT molecular complexity index is 432. The molecule has 0 radical (unpaired) electrons. The Hall–Kier alpha value is -1.31. The van der Waals surface area contributed by atoms with Crippen molar-refractivity contribution in [3.63, 3.8) is 0 Å². The summed E-state index contributed by atoms with van der Waals surface area (Å²) in [7, 11) is 0. The first-order valence-electron chi connectivity index (χ1n) is 5.85. The topological polar surface area (TPSA) is 21.6 Å². The van der Waals surface area contributed by atoms with Crippen molar-refractivity contribution in [2.45, 2.75) is 39.7 Å². The van der Waals surface area contributed by atoms with Crippen molar-refractivity contribution in [3.05, 3.63) is 34.9 Å². The first-order valence-corrected chi connectivity index (χ1v) is 5.85. The van der Waals surface area contributed by atoms with Crippen LogP contribution in [0.1, 0.15) is 37.5 Å². The lowest BCUT2D eigenvalue weighted by molar-refractivity contribution is 0.279. The fourth-order valence-corrected chi connectivity index (χ4v) is 2.04. The zero-order valence-electron chi connectivity index (χ0n) is 10.5. The summed E-state index contributed by atoms with van der Waals surface area (Å²) in [6.45, 7) is 9.16. The van der Waals surface area contributed by atoms with Gasteiger partial charge in [0, 0.05) is 5.56 Å². The quantitative estimate of drug-likeness (QED) is 0.746. The van der Waals surface area contributed by atoms with E-state index in [2.05, 4.69) is 50.9 Å². The van der Waals surface area contributed by atoms with Crippen molar-refractivity contribution in [3.8, 4) is 0 Å². The summed E-state index contributed by atoms with van der Waals surface area (Å²) in [6.07, 6.45) is 1.01. The third kappa shape index (κ3) is 1.97. The molecular formula is C14H19NO. The fraction of sp³-hybridized carbons (Fsp3) is 0.500. The Morgan fingerprint density at radius 3 is 2.69 bits per heavy atom. The van der Waals surface area contributed by atoms with E-state index in [1.807, 2.05) is 0 Å². The minimum Gasteiger partial charge on any atom is -0.475 e. The first kappa shape index (κ1) is 11.2. The van der Waals surface area contributed by atoms with Crippen molar-refractivity contribution in [2.75, 3.05) is 6.61 Å². The Labute approximate surface area is 97.4 Å². The van der Waals surface area contributed by atoms with Gasteiger partial charge in [-0.15, -0.1) is 0 Å². The number of rotatable bonds is 2. The zero-order valence-corrected chi connectivity index (χ0v) is 10.5. The molecule has 2 rings (SSSR count). The normalized spacial score (nSPS) is 18.1. The molecular weight excluding hydrogens is 198 g/mol. The molecule has 86 valence electrons. The third-order valence-corrected chi connectivity index (χ3v) is 2.92. The smallest absolute Gasteiger partial charge is 0.217 e. The van der Waals surface area contributed by atoms with Gasteiger partial charge in [-0.1, -0.05) is 25.1 Å². The molecule has 0 unspecified atom stereocenters. The molecule has 2 nitrogen and oxygen atoms in total. The van der Waals surface area contributed by atoms with Crippen LogP contribution in [0.4, 0.5) is 0 Å². The fourth-order valence-electron chi connectivity index (χ4n) is 2.04. The largest absolute Gasteiger partial charge is 0.475 e. The second-order valence-corrected chi connectivity index (χ2v) is 4.98. The molecule has 0 saturated carbocycles. The number of hydrogen-bond donors (Lipinski definition) is 0. The van der Waals surface area contributed by atoms with E-state index in [9.17, 15) is 0 Å². The molecule has 0 amide bonds. The lowest BCUT2D eigenvalue weighted by atomic mass is 10.00. The number of aryl methyl sites for hydroxylation is 2. The monoisotopic (exact) mass is 217 g/mol. The number of hydrogen-bond acceptors (Lipinski definition) is 2. The van der Waals surface area contributed by atoms with Gasteiger partial charge in [-0.05, 0) is 38.3 Å². The highest BCUT2D eigenvalue weighted by Gasteiger charge is 2.28. The van der Waals surface area contributed by atoms with E-state index >= 15 is 0 Å². The van der Waals surface area contributed by atoms with Crippen molar-refractivity contribution in [2.24, 2.45) is 4.99 Å². The summed E-state index contributed by atoms with van der Waals surface area (Å²) >= 11 is 0. The molecule has 1 aliphatic heterocycles. The van der Waals surface area contributed by atoms with E-state index in [1.165, 1.54) is 16.7 Å². The first-order chi connectivity index (χ1) is 7.53. The number of aliphatic imine (C=N–C) groups is 1. The number of nitrogens with zero attached hydrogens (tertiary/aromatic N) is 1. The maximum absolute atomic E-state index is 5.73. The van der Waals surface area contributed by atoms with Gasteiger partial charge in [-0.25, -0.2) is 4.99 Å². The van der Waals surface area contributed by atoms with Crippen molar-refractivity contribution >= 4 is 5.90 Å². The van der Waals surface area contributed by atoms with Gasteiger partial charge >= 0.3 is 0 Å². The highest BCUT2D eigenvalue weighted by molar-refractivity contribution is 5.98. The number of ether oxygens (including phenoxy) is 1. The minimum atomic E-state index is -0.0807. The van der Waals surface area contributed by atoms with Gasteiger partial charge < -0.3 is 4.74 Å². The van der Waals surface area contributed by atoms with E-state index in [0.717, 1.165) is 12.3 Å². The van der Waals surface area contributed by atoms with Gasteiger partial charge in [0.1, 0.15) is 6.61 Å². The maximum atomic E-state index is 5.73. The Kier molecular flexibility index (Phi) is 2.75. The molecule has 0 aromatic heterocycles. The molecule has 16 heavy (non-hydrogen) atoms. The highest BCUT2D eigenvalue weighted by atomic mass is 16.5. The van der Waals surface area contributed by atoms with Crippen LogP contribution >= 0.6 is 0 Å². The van der Waals surface area contributed by atoms with E-state index in [4.69, 9.17) is 4.74 Å². The van der Waals surface area contributed by atoms with Gasteiger partial charge in [-0.2, -0.15) is 0 Å². The lowest BCUT2D eigenvalue weighted by Gasteiger charge is -2.10. The van der Waals surface area contributed by atoms with Crippen LogP contribution in [0.2, 0.25) is 0 Å². The standard InChI is InChI=1S/C14H19NO/c1-5-11-8-6-7-10(2)12(11)13-15-14(3,4)9-16-13/h6-8H,5,9H2,1-4H3. The molecule has 0 atom stereocenters. The van der Waals surface area contributed by atoms with Gasteiger partial charge in [0.05, 0.1) is 5.54 Å². The van der Waals surface area contributed by atoms with Gasteiger partial charge in [0.15, 0.2) is 0 Å². The molecule has 0 fully saturated rings. The second kappa shape index (κ2) is 3.93. The summed E-state index contributed by atoms with van der Waals surface area (Å²) in [6, 6.07) is 6.36. The zero-order chi connectivity index (χ0) is 11.8. The molecule has 0 N–H and O–H groups in total. The van der Waals surface area contributed by atoms with E-state index in [-0.39, 0.29) is 5.54 Å². The molecule has 0 spiro atoms. The highest BCUT2D eigenvalue weighted by Crippen LogP contribution is 2.24. The molecule has 0 aliphatic carbocycles. The van der Waals surface area contributed by atoms with Crippen LogP contribution in [0.3, 0.4) is 0 Å². The van der Waals surface area contributed by atoms with Crippen LogP contribution in [0, 0.1) is 6.92 Å². The minimum absolute atomic E-state index is 0.0807. The maximum Gasteiger partial charge on any atom is 0.217 e. The SMILES string of the molecule is CCc1cccc(C)c1C1=NC(C)(C)CO1. The Balaban J connectivity index is 2.49. The van der Waals surface area contributed by atoms with Crippen LogP contribution in [0.25, 0.3) is 0 Å². The van der Waals surface area contributed by atoms with Crippen LogP contribution in [-0.2, 0) is 11.2 Å². The molecule has 0 saturated heterocycles. The van der Waals surface area contributed by atoms with Crippen molar-refractivity contribution < 1.29 is 4.74 Å². The van der Waals surface area contributed by atoms with Crippen molar-refractivity contribution in [1.82, 2.24) is 0 Å². The number of benzene rings is 1. The summed E-state index contributed by atoms with van der Waals surface area (Å²) in [4.78, 5) is 4.65. The van der Waals surface area contributed by atoms with Crippen molar-refractivity contribution in [1.29, 1.82) is 0 Å². The van der Waals surface area contributed by atoms with Crippen LogP contribution in [-0.4, -0.2) is 18.0 Å². The van der Waals surface area contributed by atoms with Crippen LogP contribution in [0.15, 0.2) is 23.2 Å². The Morgan fingerprint density at radius 1 is 1.38 bits per heavy atom. The van der Waals surface area contributed by atoms with Crippen LogP contribution < -0.4 is 0 Å². The lowest BCUT2D eigenvalue weighted by Crippen LogP contribution is -2.17. The van der Waals surface area contributed by atoms with Crippen LogP contribution in [0.5, 0.6) is 0 Å². The molecule has 2 heteroatoms. The third-order valence-electron chi connectivity index (χ3n) is 2.92. The van der Waals surface area contributed by atoms with Gasteiger partial charge in [0.2, 0.25) is 5.90 Å². The Morgan fingerprint density at radius 2 is 2.12 bits per heavy atom.